The molecule has 1 atom stereocenters. The Kier molecular flexibility index (Phi) is 4.88. The van der Waals surface area contributed by atoms with Gasteiger partial charge in [-0.15, -0.1) is 0 Å². The van der Waals surface area contributed by atoms with Crippen LogP contribution < -0.4 is 10.6 Å². The molecule has 29 heavy (non-hydrogen) atoms. The minimum absolute atomic E-state index is 0.0611. The highest BCUT2D eigenvalue weighted by Crippen LogP contribution is 2.38. The highest BCUT2D eigenvalue weighted by molar-refractivity contribution is 6.04. The summed E-state index contributed by atoms with van der Waals surface area (Å²) < 4.78 is 14.6. The number of halogens is 1. The van der Waals surface area contributed by atoms with Gasteiger partial charge in [0.15, 0.2) is 0 Å². The van der Waals surface area contributed by atoms with Crippen molar-refractivity contribution in [3.8, 4) is 11.1 Å². The summed E-state index contributed by atoms with van der Waals surface area (Å²) in [6, 6.07) is 12.8. The number of aromatic nitrogens is 2. The van der Waals surface area contributed by atoms with E-state index in [-0.39, 0.29) is 24.1 Å². The van der Waals surface area contributed by atoms with E-state index in [1.165, 1.54) is 24.3 Å². The summed E-state index contributed by atoms with van der Waals surface area (Å²) in [5.41, 5.74) is 4.36. The number of hydrogen-bond acceptors (Lipinski definition) is 3. The highest BCUT2D eigenvalue weighted by atomic mass is 19.1. The van der Waals surface area contributed by atoms with E-state index in [0.717, 1.165) is 22.4 Å². The largest absolute Gasteiger partial charge is 0.326 e. The van der Waals surface area contributed by atoms with Crippen molar-refractivity contribution in [2.45, 2.75) is 32.7 Å². The van der Waals surface area contributed by atoms with Crippen molar-refractivity contribution in [1.82, 2.24) is 9.78 Å². The van der Waals surface area contributed by atoms with Crippen LogP contribution in [0.4, 0.5) is 15.9 Å². The van der Waals surface area contributed by atoms with Gasteiger partial charge in [-0.25, -0.2) is 9.07 Å². The first-order valence-corrected chi connectivity index (χ1v) is 9.51. The molecular weight excluding hydrogens is 371 g/mol. The monoisotopic (exact) mass is 392 g/mol. The number of nitrogens with one attached hydrogen (secondary N) is 2. The first kappa shape index (κ1) is 18.9. The van der Waals surface area contributed by atoms with Gasteiger partial charge in [-0.1, -0.05) is 36.8 Å². The van der Waals surface area contributed by atoms with Crippen LogP contribution in [0.5, 0.6) is 0 Å². The van der Waals surface area contributed by atoms with Crippen LogP contribution in [-0.4, -0.2) is 21.6 Å². The predicted molar refractivity (Wildman–Crippen MR) is 109 cm³/mol. The maximum Gasteiger partial charge on any atom is 0.251 e. The minimum atomic E-state index is -0.727. The van der Waals surface area contributed by atoms with Crippen LogP contribution in [0.25, 0.3) is 11.1 Å². The molecule has 0 saturated carbocycles. The van der Waals surface area contributed by atoms with Crippen LogP contribution in [-0.2, 0) is 16.0 Å². The van der Waals surface area contributed by atoms with E-state index in [1.807, 2.05) is 38.1 Å². The Bertz CT molecular complexity index is 1070. The fourth-order valence-electron chi connectivity index (χ4n) is 3.51. The Morgan fingerprint density at radius 2 is 1.86 bits per heavy atom. The Labute approximate surface area is 167 Å². The molecule has 0 spiro atoms. The van der Waals surface area contributed by atoms with Gasteiger partial charge in [0, 0.05) is 11.3 Å². The van der Waals surface area contributed by atoms with Gasteiger partial charge in [0.25, 0.3) is 5.91 Å². The van der Waals surface area contributed by atoms with Gasteiger partial charge in [0.05, 0.1) is 12.1 Å². The fraction of sp³-hybridized carbons (Fsp3) is 0.227. The summed E-state index contributed by atoms with van der Waals surface area (Å²) >= 11 is 0. The van der Waals surface area contributed by atoms with E-state index in [0.29, 0.717) is 17.9 Å². The number of benzene rings is 2. The molecule has 0 bridgehead atoms. The van der Waals surface area contributed by atoms with Crippen molar-refractivity contribution in [2.75, 3.05) is 10.6 Å². The lowest BCUT2D eigenvalue weighted by Gasteiger charge is -2.10. The second-order valence-electron chi connectivity index (χ2n) is 7.10. The standard InChI is InChI=1S/C22H21FN4O2/c1-3-17-20(14-6-4-13(2)5-7-14)21-25-22(29)18(27(21)26-17)12-19(28)24-16-10-8-15(23)9-11-16/h4-11,18H,3,12H2,1-2H3,(H,24,28)(H,25,29). The van der Waals surface area contributed by atoms with Crippen molar-refractivity contribution < 1.29 is 14.0 Å². The molecule has 148 valence electrons. The molecule has 0 radical (unpaired) electrons. The first-order valence-electron chi connectivity index (χ1n) is 9.51. The molecule has 1 unspecified atom stereocenters. The molecule has 2 aromatic carbocycles. The predicted octanol–water partition coefficient (Wildman–Crippen LogP) is 4.08. The van der Waals surface area contributed by atoms with Crippen LogP contribution in [0.3, 0.4) is 0 Å². The Morgan fingerprint density at radius 3 is 2.52 bits per heavy atom. The number of carbonyl (C=O) groups excluding carboxylic acids is 2. The first-order chi connectivity index (χ1) is 14.0. The molecular formula is C22H21FN4O2. The van der Waals surface area contributed by atoms with Crippen molar-refractivity contribution >= 4 is 23.3 Å². The van der Waals surface area contributed by atoms with Gasteiger partial charge >= 0.3 is 0 Å². The van der Waals surface area contributed by atoms with Crippen molar-refractivity contribution in [2.24, 2.45) is 0 Å². The lowest BCUT2D eigenvalue weighted by Crippen LogP contribution is -2.23. The van der Waals surface area contributed by atoms with E-state index in [4.69, 9.17) is 0 Å². The normalized spacial score (nSPS) is 15.1. The van der Waals surface area contributed by atoms with Crippen LogP contribution in [0, 0.1) is 12.7 Å². The summed E-state index contributed by atoms with van der Waals surface area (Å²) in [6.45, 7) is 4.03. The van der Waals surface area contributed by atoms with Crippen molar-refractivity contribution in [3.63, 3.8) is 0 Å². The Hall–Kier alpha value is -3.48. The summed E-state index contributed by atoms with van der Waals surface area (Å²) in [4.78, 5) is 25.0. The van der Waals surface area contributed by atoms with E-state index in [1.54, 1.807) is 4.68 Å². The Balaban J connectivity index is 1.60. The SMILES string of the molecule is CCc1nn2c(c1-c1ccc(C)cc1)NC(=O)C2CC(=O)Nc1ccc(F)cc1. The third kappa shape index (κ3) is 3.63. The molecule has 0 aliphatic carbocycles. The van der Waals surface area contributed by atoms with Gasteiger partial charge < -0.3 is 10.6 Å². The number of aryl methyl sites for hydroxylation is 2. The third-order valence-electron chi connectivity index (χ3n) is 5.00. The fourth-order valence-corrected chi connectivity index (χ4v) is 3.51. The number of carbonyl (C=O) groups is 2. The molecule has 3 aromatic rings. The quantitative estimate of drug-likeness (QED) is 0.687. The van der Waals surface area contributed by atoms with Gasteiger partial charge in [-0.3, -0.25) is 9.59 Å². The van der Waals surface area contributed by atoms with Gasteiger partial charge in [0.2, 0.25) is 5.91 Å². The van der Waals surface area contributed by atoms with Crippen LogP contribution in [0.1, 0.15) is 30.6 Å². The lowest BCUT2D eigenvalue weighted by molar-refractivity contribution is -0.123. The van der Waals surface area contributed by atoms with Gasteiger partial charge in [0.1, 0.15) is 17.7 Å². The molecule has 2 heterocycles. The highest BCUT2D eigenvalue weighted by Gasteiger charge is 2.36. The molecule has 6 nitrogen and oxygen atoms in total. The average Bonchev–Trinajstić information content (AvgIpc) is 3.20. The number of nitrogens with zero attached hydrogens (tertiary/aromatic N) is 2. The smallest absolute Gasteiger partial charge is 0.251 e. The molecule has 1 aliphatic rings. The second-order valence-corrected chi connectivity index (χ2v) is 7.10. The maximum atomic E-state index is 13.0. The summed E-state index contributed by atoms with van der Waals surface area (Å²) in [5.74, 6) is -0.363. The molecule has 4 rings (SSSR count). The zero-order valence-electron chi connectivity index (χ0n) is 16.2. The summed E-state index contributed by atoms with van der Waals surface area (Å²) in [5, 5.41) is 10.2. The van der Waals surface area contributed by atoms with Crippen LogP contribution in [0.15, 0.2) is 48.5 Å². The number of amides is 2. The number of anilines is 2. The molecule has 1 aliphatic heterocycles. The van der Waals surface area contributed by atoms with Crippen LogP contribution >= 0.6 is 0 Å². The Morgan fingerprint density at radius 1 is 1.17 bits per heavy atom. The van der Waals surface area contributed by atoms with E-state index in [9.17, 15) is 14.0 Å². The molecule has 2 N–H and O–H groups in total. The van der Waals surface area contributed by atoms with Gasteiger partial charge in [-0.05, 0) is 43.2 Å². The molecule has 2 amide bonds. The summed E-state index contributed by atoms with van der Waals surface area (Å²) in [6.07, 6.45) is 0.641. The second kappa shape index (κ2) is 7.50. The number of hydrogen-bond donors (Lipinski definition) is 2. The topological polar surface area (TPSA) is 76.0 Å². The lowest BCUT2D eigenvalue weighted by atomic mass is 10.0. The van der Waals surface area contributed by atoms with Crippen LogP contribution in [0.2, 0.25) is 0 Å². The zero-order valence-corrected chi connectivity index (χ0v) is 16.2. The number of fused-ring (bicyclic) bond motifs is 1. The van der Waals surface area contributed by atoms with Crippen molar-refractivity contribution in [1.29, 1.82) is 0 Å². The number of rotatable bonds is 5. The average molecular weight is 392 g/mol. The summed E-state index contributed by atoms with van der Waals surface area (Å²) in [7, 11) is 0. The van der Waals surface area contributed by atoms with E-state index in [2.05, 4.69) is 15.7 Å². The molecule has 0 fully saturated rings. The van der Waals surface area contributed by atoms with Crippen molar-refractivity contribution in [3.05, 3.63) is 65.6 Å². The van der Waals surface area contributed by atoms with Gasteiger partial charge in [-0.2, -0.15) is 5.10 Å². The van der Waals surface area contributed by atoms with E-state index < -0.39 is 6.04 Å². The zero-order chi connectivity index (χ0) is 20.5. The maximum absolute atomic E-state index is 13.0. The third-order valence-corrected chi connectivity index (χ3v) is 5.00. The molecule has 1 aromatic heterocycles. The molecule has 7 heteroatoms. The van der Waals surface area contributed by atoms with E-state index >= 15 is 0 Å². The molecule has 0 saturated heterocycles. The minimum Gasteiger partial charge on any atom is -0.326 e.